The first-order valence-corrected chi connectivity index (χ1v) is 15.1. The van der Waals surface area contributed by atoms with Gasteiger partial charge in [-0.25, -0.2) is 18.5 Å². The van der Waals surface area contributed by atoms with Crippen molar-refractivity contribution >= 4 is 33.5 Å². The number of H-pyrrole nitrogens is 1. The van der Waals surface area contributed by atoms with E-state index < -0.39 is 22.0 Å². The number of tetrazole rings is 1. The number of carbonyl (C=O) groups is 1. The van der Waals surface area contributed by atoms with Gasteiger partial charge in [0.05, 0.1) is 17.2 Å². The number of aromatic nitrogens is 6. The van der Waals surface area contributed by atoms with Crippen LogP contribution in [0.3, 0.4) is 0 Å². The molecular weight excluding hydrogens is 568 g/mol. The van der Waals surface area contributed by atoms with E-state index in [1.807, 2.05) is 34.9 Å². The predicted octanol–water partition coefficient (Wildman–Crippen LogP) is 3.19. The first-order chi connectivity index (χ1) is 19.8. The monoisotopic (exact) mass is 600 g/mol. The van der Waals surface area contributed by atoms with E-state index in [0.717, 1.165) is 29.8 Å². The molecule has 2 heterocycles. The molecule has 0 unspecified atom stereocenters. The Morgan fingerprint density at radius 2 is 1.85 bits per heavy atom. The lowest BCUT2D eigenvalue weighted by molar-refractivity contribution is -0.119. The minimum atomic E-state index is -4.08. The fraction of sp³-hybridized carbons (Fsp3) is 0.370. The van der Waals surface area contributed by atoms with Crippen molar-refractivity contribution < 1.29 is 18.3 Å². The van der Waals surface area contributed by atoms with Crippen molar-refractivity contribution in [1.29, 1.82) is 0 Å². The molecule has 2 aromatic carbocycles. The molecule has 12 nitrogen and oxygen atoms in total. The Bertz CT molecular complexity index is 1530. The molecule has 4 aromatic rings. The number of carbonyl (C=O) groups excluding carboxylic acids is 1. The molecule has 0 saturated heterocycles. The number of nitrogens with one attached hydrogen (secondary N) is 2. The highest BCUT2D eigenvalue weighted by Crippen LogP contribution is 2.24. The van der Waals surface area contributed by atoms with Crippen LogP contribution in [0.5, 0.6) is 0 Å². The van der Waals surface area contributed by atoms with Crippen molar-refractivity contribution in [3.05, 3.63) is 82.4 Å². The Hall–Kier alpha value is -3.65. The summed E-state index contributed by atoms with van der Waals surface area (Å²) in [4.78, 5) is 17.8. The third-order valence-corrected chi connectivity index (χ3v) is 9.00. The van der Waals surface area contributed by atoms with E-state index in [4.69, 9.17) is 11.6 Å². The summed E-state index contributed by atoms with van der Waals surface area (Å²) >= 11 is 6.27. The highest BCUT2D eigenvalue weighted by atomic mass is 35.5. The fourth-order valence-corrected chi connectivity index (χ4v) is 6.44. The highest BCUT2D eigenvalue weighted by Gasteiger charge is 2.35. The number of rotatable bonds is 14. The molecule has 2 aromatic heterocycles. The summed E-state index contributed by atoms with van der Waals surface area (Å²) in [5.41, 5.74) is 2.12. The number of nitrogens with zero attached hydrogens (tertiary/aromatic N) is 6. The Morgan fingerprint density at radius 3 is 2.46 bits per heavy atom. The summed E-state index contributed by atoms with van der Waals surface area (Å²) < 4.78 is 30.8. The Balaban J connectivity index is 1.61. The number of unbranched alkanes of at least 4 members (excludes halogenated alkanes) is 1. The van der Waals surface area contributed by atoms with Gasteiger partial charge < -0.3 is 9.67 Å². The Labute approximate surface area is 243 Å². The number of likely N-dealkylation sites (N-methyl/N-ethyl adjacent to an activating group) is 1. The molecule has 0 fully saturated rings. The second-order valence-corrected chi connectivity index (χ2v) is 11.7. The molecule has 0 aliphatic heterocycles. The standard InChI is InChI=1S/C27H33ClN8O4S/c1-3-5-11-24-29-25(28)23(18-37)35(24)17-20-12-14-21(15-13-20)41(39,40)36(4-2)22(16-19-9-7-6-8-10-19)26(38)30-27-31-33-34-32-27/h6-10,12-15,22,37H,3-5,11,16-18H2,1-2H3,(H2,30,31,32,33,34,38)/t22-/m1/s1. The van der Waals surface area contributed by atoms with Gasteiger partial charge in [-0.2, -0.15) is 4.31 Å². The maximum atomic E-state index is 13.9. The first-order valence-electron chi connectivity index (χ1n) is 13.3. The van der Waals surface area contributed by atoms with Crippen LogP contribution in [0.4, 0.5) is 5.95 Å². The summed E-state index contributed by atoms with van der Waals surface area (Å²) in [5, 5.41) is 25.8. The molecule has 1 amide bonds. The minimum absolute atomic E-state index is 0.0195. The molecule has 0 bridgehead atoms. The normalized spacial score (nSPS) is 12.5. The maximum absolute atomic E-state index is 13.9. The number of imidazole rings is 1. The lowest BCUT2D eigenvalue weighted by atomic mass is 10.1. The van der Waals surface area contributed by atoms with E-state index in [9.17, 15) is 18.3 Å². The van der Waals surface area contributed by atoms with E-state index in [1.54, 1.807) is 19.1 Å². The summed E-state index contributed by atoms with van der Waals surface area (Å²) in [7, 11) is -4.08. The van der Waals surface area contributed by atoms with Crippen molar-refractivity contribution in [3.8, 4) is 0 Å². The van der Waals surface area contributed by atoms with Gasteiger partial charge >= 0.3 is 0 Å². The molecule has 1 atom stereocenters. The molecule has 0 aliphatic carbocycles. The zero-order valence-corrected chi connectivity index (χ0v) is 24.4. The average molecular weight is 601 g/mol. The third-order valence-electron chi connectivity index (χ3n) is 6.70. The molecule has 4 rings (SSSR count). The van der Waals surface area contributed by atoms with Crippen molar-refractivity contribution in [2.75, 3.05) is 11.9 Å². The van der Waals surface area contributed by atoms with Gasteiger partial charge in [0.1, 0.15) is 11.9 Å². The lowest BCUT2D eigenvalue weighted by Gasteiger charge is -2.29. The molecule has 3 N–H and O–H groups in total. The summed E-state index contributed by atoms with van der Waals surface area (Å²) in [6.45, 7) is 3.93. The zero-order valence-electron chi connectivity index (χ0n) is 22.9. The van der Waals surface area contributed by atoms with E-state index >= 15 is 0 Å². The van der Waals surface area contributed by atoms with Gasteiger partial charge in [0.2, 0.25) is 21.9 Å². The van der Waals surface area contributed by atoms with Gasteiger partial charge in [0, 0.05) is 19.5 Å². The average Bonchev–Trinajstić information content (AvgIpc) is 3.59. The number of hydrogen-bond donors (Lipinski definition) is 3. The van der Waals surface area contributed by atoms with Gasteiger partial charge in [0.15, 0.2) is 5.15 Å². The molecular formula is C27H33ClN8O4S. The highest BCUT2D eigenvalue weighted by molar-refractivity contribution is 7.89. The smallest absolute Gasteiger partial charge is 0.246 e. The zero-order chi connectivity index (χ0) is 29.4. The second-order valence-electron chi connectivity index (χ2n) is 9.41. The lowest BCUT2D eigenvalue weighted by Crippen LogP contribution is -2.48. The van der Waals surface area contributed by atoms with Crippen LogP contribution in [0.2, 0.25) is 5.15 Å². The predicted molar refractivity (Wildman–Crippen MR) is 154 cm³/mol. The quantitative estimate of drug-likeness (QED) is 0.199. The number of hydrogen-bond acceptors (Lipinski definition) is 8. The van der Waals surface area contributed by atoms with E-state index in [1.165, 1.54) is 16.4 Å². The molecule has 0 radical (unpaired) electrons. The van der Waals surface area contributed by atoms with Crippen LogP contribution in [-0.4, -0.2) is 66.5 Å². The molecule has 0 saturated carbocycles. The SMILES string of the molecule is CCCCc1nc(Cl)c(CO)n1Cc1ccc(S(=O)(=O)N(CC)[C@H](Cc2ccccc2)C(=O)Nc2nnn[nH]2)cc1. The number of sulfonamides is 1. The summed E-state index contributed by atoms with van der Waals surface area (Å²) in [6.07, 6.45) is 2.76. The van der Waals surface area contributed by atoms with Crippen LogP contribution in [0.1, 0.15) is 49.3 Å². The first kappa shape index (κ1) is 30.3. The van der Waals surface area contributed by atoms with Crippen LogP contribution in [0.15, 0.2) is 59.5 Å². The second kappa shape index (κ2) is 13.8. The number of aromatic amines is 1. The van der Waals surface area contributed by atoms with E-state index in [2.05, 4.69) is 37.8 Å². The fourth-order valence-electron chi connectivity index (χ4n) is 4.59. The van der Waals surface area contributed by atoms with Crippen LogP contribution in [-0.2, 0) is 40.8 Å². The number of benzene rings is 2. The van der Waals surface area contributed by atoms with Crippen molar-refractivity contribution in [2.24, 2.45) is 0 Å². The molecule has 41 heavy (non-hydrogen) atoms. The number of aryl methyl sites for hydroxylation is 1. The summed E-state index contributed by atoms with van der Waals surface area (Å²) in [5.74, 6) is 0.222. The number of anilines is 1. The molecule has 218 valence electrons. The van der Waals surface area contributed by atoms with Crippen LogP contribution < -0.4 is 5.32 Å². The maximum Gasteiger partial charge on any atom is 0.246 e. The number of aliphatic hydroxyl groups is 1. The van der Waals surface area contributed by atoms with Crippen molar-refractivity contribution in [1.82, 2.24) is 34.5 Å². The Morgan fingerprint density at radius 1 is 1.12 bits per heavy atom. The van der Waals surface area contributed by atoms with Crippen LogP contribution >= 0.6 is 11.6 Å². The van der Waals surface area contributed by atoms with Gasteiger partial charge in [-0.1, -0.05) is 79.4 Å². The largest absolute Gasteiger partial charge is 0.390 e. The third kappa shape index (κ3) is 7.17. The van der Waals surface area contributed by atoms with E-state index in [-0.39, 0.29) is 35.6 Å². The van der Waals surface area contributed by atoms with Crippen molar-refractivity contribution in [3.63, 3.8) is 0 Å². The van der Waals surface area contributed by atoms with E-state index in [0.29, 0.717) is 18.7 Å². The van der Waals surface area contributed by atoms with Gasteiger partial charge in [-0.15, -0.1) is 0 Å². The number of amides is 1. The van der Waals surface area contributed by atoms with Crippen LogP contribution in [0, 0.1) is 0 Å². The van der Waals surface area contributed by atoms with Gasteiger partial charge in [-0.05, 0) is 46.5 Å². The van der Waals surface area contributed by atoms with Gasteiger partial charge in [0.25, 0.3) is 0 Å². The minimum Gasteiger partial charge on any atom is -0.390 e. The summed E-state index contributed by atoms with van der Waals surface area (Å²) in [6, 6.07) is 14.6. The topological polar surface area (TPSA) is 159 Å². The Kier molecular flexibility index (Phi) is 10.2. The molecule has 0 aliphatic rings. The van der Waals surface area contributed by atoms with Crippen LogP contribution in [0.25, 0.3) is 0 Å². The van der Waals surface area contributed by atoms with Crippen molar-refractivity contribution in [2.45, 2.75) is 63.6 Å². The van der Waals surface area contributed by atoms with Gasteiger partial charge in [-0.3, -0.25) is 10.1 Å². The molecule has 0 spiro atoms. The number of aliphatic hydroxyl groups excluding tert-OH is 1. The number of halogens is 1. The molecule has 14 heteroatoms.